The van der Waals surface area contributed by atoms with Gasteiger partial charge in [-0.3, -0.25) is 0 Å². The van der Waals surface area contributed by atoms with Gasteiger partial charge in [-0.25, -0.2) is 0 Å². The summed E-state index contributed by atoms with van der Waals surface area (Å²) in [5.74, 6) is 3.23. The van der Waals surface area contributed by atoms with Crippen LogP contribution in [0.25, 0.3) is 0 Å². The fourth-order valence-corrected chi connectivity index (χ4v) is 4.05. The fraction of sp³-hybridized carbons (Fsp3) is 0.667. The third-order valence-electron chi connectivity index (χ3n) is 5.53. The Morgan fingerprint density at radius 1 is 1.20 bits per heavy atom. The first kappa shape index (κ1) is 13.9. The van der Waals surface area contributed by atoms with Gasteiger partial charge in [-0.2, -0.15) is 0 Å². The molecule has 4 atom stereocenters. The molecule has 1 heterocycles. The van der Waals surface area contributed by atoms with Gasteiger partial charge < -0.3 is 10.5 Å². The normalized spacial score (nSPS) is 37.0. The van der Waals surface area contributed by atoms with Crippen molar-refractivity contribution in [1.29, 1.82) is 0 Å². The molecular formula is C18H27NO. The zero-order chi connectivity index (χ0) is 14.2. The van der Waals surface area contributed by atoms with Crippen LogP contribution in [0.4, 0.5) is 0 Å². The molecule has 0 aromatic heterocycles. The summed E-state index contributed by atoms with van der Waals surface area (Å²) >= 11 is 0. The second kappa shape index (κ2) is 5.40. The van der Waals surface area contributed by atoms with Crippen molar-refractivity contribution in [2.24, 2.45) is 17.6 Å². The number of benzene rings is 1. The third kappa shape index (κ3) is 2.71. The molecule has 0 saturated heterocycles. The summed E-state index contributed by atoms with van der Waals surface area (Å²) in [5.41, 5.74) is 8.16. The summed E-state index contributed by atoms with van der Waals surface area (Å²) in [4.78, 5) is 0. The van der Waals surface area contributed by atoms with Gasteiger partial charge in [-0.15, -0.1) is 0 Å². The van der Waals surface area contributed by atoms with Crippen molar-refractivity contribution < 1.29 is 4.74 Å². The van der Waals surface area contributed by atoms with Crippen molar-refractivity contribution in [3.05, 3.63) is 29.8 Å². The topological polar surface area (TPSA) is 35.2 Å². The van der Waals surface area contributed by atoms with Gasteiger partial charge in [0.1, 0.15) is 5.75 Å². The number of rotatable bonds is 2. The molecule has 3 rings (SSSR count). The molecule has 1 aliphatic carbocycles. The highest BCUT2D eigenvalue weighted by molar-refractivity contribution is 5.38. The molecule has 0 spiro atoms. The first-order valence-electron chi connectivity index (χ1n) is 8.08. The van der Waals surface area contributed by atoms with E-state index in [1.54, 1.807) is 0 Å². The van der Waals surface area contributed by atoms with E-state index in [9.17, 15) is 0 Å². The van der Waals surface area contributed by atoms with E-state index in [2.05, 4.69) is 38.1 Å². The summed E-state index contributed by atoms with van der Waals surface area (Å²) in [7, 11) is 0. The van der Waals surface area contributed by atoms with E-state index >= 15 is 0 Å². The van der Waals surface area contributed by atoms with E-state index in [1.807, 2.05) is 0 Å². The lowest BCUT2D eigenvalue weighted by Gasteiger charge is -2.43. The zero-order valence-electron chi connectivity index (χ0n) is 12.8. The van der Waals surface area contributed by atoms with E-state index in [0.717, 1.165) is 37.0 Å². The molecule has 0 bridgehead atoms. The molecule has 2 N–H and O–H groups in total. The van der Waals surface area contributed by atoms with Gasteiger partial charge in [0.25, 0.3) is 0 Å². The number of hydrogen-bond acceptors (Lipinski definition) is 2. The highest BCUT2D eigenvalue weighted by atomic mass is 16.5. The smallest absolute Gasteiger partial charge is 0.122 e. The van der Waals surface area contributed by atoms with Crippen LogP contribution in [-0.2, 0) is 0 Å². The molecule has 1 aromatic carbocycles. The van der Waals surface area contributed by atoms with Crippen molar-refractivity contribution in [3.8, 4) is 5.75 Å². The molecule has 0 amide bonds. The summed E-state index contributed by atoms with van der Waals surface area (Å²) < 4.78 is 5.77. The molecule has 2 nitrogen and oxygen atoms in total. The van der Waals surface area contributed by atoms with Crippen molar-refractivity contribution in [2.45, 2.75) is 57.4 Å². The Labute approximate surface area is 122 Å². The molecule has 4 unspecified atom stereocenters. The first-order valence-corrected chi connectivity index (χ1v) is 8.08. The number of para-hydroxylation sites is 1. The van der Waals surface area contributed by atoms with E-state index in [-0.39, 0.29) is 5.54 Å². The minimum Gasteiger partial charge on any atom is -0.493 e. The monoisotopic (exact) mass is 273 g/mol. The van der Waals surface area contributed by atoms with Crippen LogP contribution in [0.3, 0.4) is 0 Å². The summed E-state index contributed by atoms with van der Waals surface area (Å²) in [5, 5.41) is 0. The maximum absolute atomic E-state index is 6.76. The zero-order valence-corrected chi connectivity index (χ0v) is 12.8. The Kier molecular flexibility index (Phi) is 3.76. The molecule has 1 aromatic rings. The van der Waals surface area contributed by atoms with Crippen LogP contribution in [0, 0.1) is 11.8 Å². The minimum atomic E-state index is 0.0288. The molecule has 2 heteroatoms. The minimum absolute atomic E-state index is 0.0288. The van der Waals surface area contributed by atoms with E-state index in [4.69, 9.17) is 10.5 Å². The lowest BCUT2D eigenvalue weighted by Crippen LogP contribution is -2.47. The fourth-order valence-electron chi connectivity index (χ4n) is 4.05. The van der Waals surface area contributed by atoms with Gasteiger partial charge in [0.15, 0.2) is 0 Å². The molecule has 1 saturated carbocycles. The number of fused-ring (bicyclic) bond motifs is 1. The standard InChI is InChI=1S/C18H27NO/c1-13-7-9-18(19,11-14(13)2)12-15-8-10-20-17-6-4-3-5-16(15)17/h3-6,13-15H,7-12,19H2,1-2H3. The van der Waals surface area contributed by atoms with Gasteiger partial charge in [0.2, 0.25) is 0 Å². The van der Waals surface area contributed by atoms with Crippen molar-refractivity contribution in [2.75, 3.05) is 6.61 Å². The molecular weight excluding hydrogens is 246 g/mol. The SMILES string of the molecule is CC1CCC(N)(CC2CCOc3ccccc32)CC1C. The maximum Gasteiger partial charge on any atom is 0.122 e. The Hall–Kier alpha value is -1.02. The molecule has 20 heavy (non-hydrogen) atoms. The Bertz CT molecular complexity index is 472. The molecule has 1 aliphatic heterocycles. The lowest BCUT2D eigenvalue weighted by atomic mass is 9.67. The first-order chi connectivity index (χ1) is 9.57. The van der Waals surface area contributed by atoms with Crippen LogP contribution in [0.2, 0.25) is 0 Å². The highest BCUT2D eigenvalue weighted by Crippen LogP contribution is 2.43. The maximum atomic E-state index is 6.76. The molecule has 0 radical (unpaired) electrons. The van der Waals surface area contributed by atoms with Crippen LogP contribution in [-0.4, -0.2) is 12.1 Å². The second-order valence-electron chi connectivity index (χ2n) is 7.14. The predicted octanol–water partition coefficient (Wildman–Crippen LogP) is 4.10. The van der Waals surface area contributed by atoms with Crippen LogP contribution < -0.4 is 10.5 Å². The van der Waals surface area contributed by atoms with Crippen LogP contribution in [0.1, 0.15) is 57.4 Å². The van der Waals surface area contributed by atoms with E-state index in [1.165, 1.54) is 24.8 Å². The van der Waals surface area contributed by atoms with Gasteiger partial charge in [0, 0.05) is 5.54 Å². The lowest BCUT2D eigenvalue weighted by molar-refractivity contribution is 0.150. The third-order valence-corrected chi connectivity index (χ3v) is 5.53. The summed E-state index contributed by atoms with van der Waals surface area (Å²) in [6.45, 7) is 5.57. The Balaban J connectivity index is 1.75. The summed E-state index contributed by atoms with van der Waals surface area (Å²) in [6, 6.07) is 8.49. The predicted molar refractivity (Wildman–Crippen MR) is 83.0 cm³/mol. The van der Waals surface area contributed by atoms with Gasteiger partial charge in [-0.05, 0) is 61.5 Å². The Morgan fingerprint density at radius 2 is 2.00 bits per heavy atom. The highest BCUT2D eigenvalue weighted by Gasteiger charge is 2.37. The van der Waals surface area contributed by atoms with Gasteiger partial charge in [0.05, 0.1) is 6.61 Å². The molecule has 2 aliphatic rings. The van der Waals surface area contributed by atoms with Crippen LogP contribution in [0.15, 0.2) is 24.3 Å². The average Bonchev–Trinajstić information content (AvgIpc) is 2.44. The Morgan fingerprint density at radius 3 is 2.80 bits per heavy atom. The number of nitrogens with two attached hydrogens (primary N) is 1. The second-order valence-corrected chi connectivity index (χ2v) is 7.14. The molecule has 1 fully saturated rings. The quantitative estimate of drug-likeness (QED) is 0.880. The van der Waals surface area contributed by atoms with E-state index < -0.39 is 0 Å². The largest absolute Gasteiger partial charge is 0.493 e. The van der Waals surface area contributed by atoms with Gasteiger partial charge >= 0.3 is 0 Å². The van der Waals surface area contributed by atoms with Crippen molar-refractivity contribution in [1.82, 2.24) is 0 Å². The van der Waals surface area contributed by atoms with Crippen LogP contribution >= 0.6 is 0 Å². The van der Waals surface area contributed by atoms with Gasteiger partial charge in [-0.1, -0.05) is 32.0 Å². The average molecular weight is 273 g/mol. The summed E-state index contributed by atoms with van der Waals surface area (Å²) in [6.07, 6.45) is 5.86. The number of ether oxygens (including phenoxy) is 1. The molecule has 110 valence electrons. The van der Waals surface area contributed by atoms with Crippen LogP contribution in [0.5, 0.6) is 5.75 Å². The van der Waals surface area contributed by atoms with Crippen molar-refractivity contribution in [3.63, 3.8) is 0 Å². The number of hydrogen-bond donors (Lipinski definition) is 1. The van der Waals surface area contributed by atoms with E-state index in [0.29, 0.717) is 5.92 Å². The van der Waals surface area contributed by atoms with Crippen molar-refractivity contribution >= 4 is 0 Å².